The third-order valence-electron chi connectivity index (χ3n) is 4.61. The predicted octanol–water partition coefficient (Wildman–Crippen LogP) is 2.42. The highest BCUT2D eigenvalue weighted by atomic mass is 35.5. The van der Waals surface area contributed by atoms with Gasteiger partial charge in [-0.1, -0.05) is 23.7 Å². The molecule has 0 amide bonds. The van der Waals surface area contributed by atoms with E-state index in [9.17, 15) is 0 Å². The first-order chi connectivity index (χ1) is 13.1. The highest BCUT2D eigenvalue weighted by Gasteiger charge is 2.20. The molecule has 0 unspecified atom stereocenters. The van der Waals surface area contributed by atoms with Gasteiger partial charge in [0.1, 0.15) is 29.5 Å². The summed E-state index contributed by atoms with van der Waals surface area (Å²) in [6.07, 6.45) is 0. The Morgan fingerprint density at radius 3 is 2.44 bits per heavy atom. The van der Waals surface area contributed by atoms with Crippen molar-refractivity contribution in [2.75, 3.05) is 27.7 Å². The lowest BCUT2D eigenvalue weighted by atomic mass is 10.1. The molecule has 3 N–H and O–H groups in total. The SMILES string of the molecule is COc1ccc([C@@H](C[NH2+]Cc2csc(-c3ccc(Cl)cc3)n2)[NH+](C)C)cc1. The summed E-state index contributed by atoms with van der Waals surface area (Å²) in [4.78, 5) is 6.18. The van der Waals surface area contributed by atoms with Gasteiger partial charge in [-0.15, -0.1) is 11.3 Å². The van der Waals surface area contributed by atoms with Gasteiger partial charge in [0.15, 0.2) is 6.04 Å². The van der Waals surface area contributed by atoms with E-state index in [0.29, 0.717) is 6.04 Å². The lowest BCUT2D eigenvalue weighted by Gasteiger charge is -2.20. The lowest BCUT2D eigenvalue weighted by Crippen LogP contribution is -3.09. The van der Waals surface area contributed by atoms with Crippen molar-refractivity contribution in [3.8, 4) is 16.3 Å². The van der Waals surface area contributed by atoms with E-state index < -0.39 is 0 Å². The van der Waals surface area contributed by atoms with E-state index in [1.54, 1.807) is 18.4 Å². The van der Waals surface area contributed by atoms with Gasteiger partial charge in [-0.05, 0) is 36.4 Å². The molecular formula is C21H26ClN3OS+2. The molecule has 0 spiro atoms. The number of benzene rings is 2. The van der Waals surface area contributed by atoms with Crippen LogP contribution in [0.1, 0.15) is 17.3 Å². The van der Waals surface area contributed by atoms with Gasteiger partial charge in [0, 0.05) is 21.5 Å². The van der Waals surface area contributed by atoms with E-state index in [-0.39, 0.29) is 0 Å². The quantitative estimate of drug-likeness (QED) is 0.606. The second-order valence-electron chi connectivity index (χ2n) is 6.78. The molecular weight excluding hydrogens is 378 g/mol. The molecule has 1 heterocycles. The monoisotopic (exact) mass is 403 g/mol. The summed E-state index contributed by atoms with van der Waals surface area (Å²) in [7, 11) is 6.10. The minimum absolute atomic E-state index is 0.422. The van der Waals surface area contributed by atoms with Crippen molar-refractivity contribution >= 4 is 22.9 Å². The Morgan fingerprint density at radius 1 is 1.11 bits per heavy atom. The van der Waals surface area contributed by atoms with E-state index in [0.717, 1.165) is 40.1 Å². The molecule has 0 saturated heterocycles. The minimum atomic E-state index is 0.422. The lowest BCUT2D eigenvalue weighted by molar-refractivity contribution is -0.910. The van der Waals surface area contributed by atoms with Gasteiger partial charge in [0.05, 0.1) is 21.2 Å². The number of nitrogens with one attached hydrogen (secondary N) is 1. The van der Waals surface area contributed by atoms with Gasteiger partial charge in [0.2, 0.25) is 0 Å². The first-order valence-electron chi connectivity index (χ1n) is 9.03. The zero-order chi connectivity index (χ0) is 19.2. The Bertz CT molecular complexity index is 847. The number of halogens is 1. The molecule has 0 bridgehead atoms. The van der Waals surface area contributed by atoms with Crippen LogP contribution in [0, 0.1) is 0 Å². The van der Waals surface area contributed by atoms with Crippen LogP contribution in [0.15, 0.2) is 53.9 Å². The smallest absolute Gasteiger partial charge is 0.162 e. The summed E-state index contributed by atoms with van der Waals surface area (Å²) in [5, 5.41) is 6.27. The van der Waals surface area contributed by atoms with Crippen molar-refractivity contribution in [2.24, 2.45) is 0 Å². The molecule has 2 aromatic carbocycles. The number of thiazole rings is 1. The Hall–Kier alpha value is -1.92. The number of aromatic nitrogens is 1. The Labute approximate surface area is 169 Å². The summed E-state index contributed by atoms with van der Waals surface area (Å²) >= 11 is 7.65. The van der Waals surface area contributed by atoms with Crippen molar-refractivity contribution in [1.82, 2.24) is 4.98 Å². The van der Waals surface area contributed by atoms with Crippen LogP contribution in [-0.4, -0.2) is 32.7 Å². The second kappa shape index (κ2) is 9.33. The van der Waals surface area contributed by atoms with Crippen molar-refractivity contribution in [2.45, 2.75) is 12.6 Å². The maximum absolute atomic E-state index is 5.96. The fourth-order valence-corrected chi connectivity index (χ4v) is 4.03. The van der Waals surface area contributed by atoms with Gasteiger partial charge in [-0.25, -0.2) is 4.98 Å². The van der Waals surface area contributed by atoms with Crippen LogP contribution in [0.5, 0.6) is 5.75 Å². The molecule has 0 radical (unpaired) electrons. The predicted molar refractivity (Wildman–Crippen MR) is 112 cm³/mol. The van der Waals surface area contributed by atoms with Crippen LogP contribution in [-0.2, 0) is 6.54 Å². The first kappa shape index (κ1) is 19.8. The summed E-state index contributed by atoms with van der Waals surface area (Å²) in [6.45, 7) is 1.88. The molecule has 0 aliphatic heterocycles. The van der Waals surface area contributed by atoms with Crippen molar-refractivity contribution in [3.05, 3.63) is 70.2 Å². The van der Waals surface area contributed by atoms with Gasteiger partial charge >= 0.3 is 0 Å². The van der Waals surface area contributed by atoms with Crippen molar-refractivity contribution in [1.29, 1.82) is 0 Å². The third kappa shape index (κ3) is 5.30. The number of hydrogen-bond donors (Lipinski definition) is 2. The number of ether oxygens (including phenoxy) is 1. The largest absolute Gasteiger partial charge is 0.497 e. The van der Waals surface area contributed by atoms with E-state index in [1.807, 2.05) is 36.4 Å². The number of methoxy groups -OCH3 is 1. The number of likely N-dealkylation sites (N-methyl/N-ethyl adjacent to an activating group) is 1. The summed E-state index contributed by atoms with van der Waals surface area (Å²) < 4.78 is 5.26. The average Bonchev–Trinajstić information content (AvgIpc) is 3.14. The summed E-state index contributed by atoms with van der Waals surface area (Å²) in [6, 6.07) is 16.6. The molecule has 0 fully saturated rings. The Morgan fingerprint density at radius 2 is 1.81 bits per heavy atom. The standard InChI is InChI=1S/C21H24ClN3OS/c1-25(2)20(15-6-10-19(26-3)11-7-15)13-23-12-18-14-27-21(24-18)16-4-8-17(22)9-5-16/h4-11,14,20,23H,12-13H2,1-3H3/p+2/t20-/m1/s1. The maximum atomic E-state index is 5.96. The average molecular weight is 404 g/mol. The number of quaternary nitrogens is 2. The molecule has 27 heavy (non-hydrogen) atoms. The molecule has 3 rings (SSSR count). The Balaban J connectivity index is 1.59. The van der Waals surface area contributed by atoms with Gasteiger partial charge in [-0.2, -0.15) is 0 Å². The molecule has 1 atom stereocenters. The molecule has 0 aliphatic carbocycles. The summed E-state index contributed by atoms with van der Waals surface area (Å²) in [5.74, 6) is 0.896. The number of nitrogens with two attached hydrogens (primary N) is 1. The molecule has 0 aliphatic rings. The summed E-state index contributed by atoms with van der Waals surface area (Å²) in [5.41, 5.74) is 3.56. The van der Waals surface area contributed by atoms with Crippen molar-refractivity contribution in [3.63, 3.8) is 0 Å². The van der Waals surface area contributed by atoms with Crippen molar-refractivity contribution < 1.29 is 15.0 Å². The van der Waals surface area contributed by atoms with Gasteiger partial charge in [-0.3, -0.25) is 0 Å². The van der Waals surface area contributed by atoms with E-state index in [4.69, 9.17) is 21.3 Å². The molecule has 0 saturated carbocycles. The van der Waals surface area contributed by atoms with E-state index >= 15 is 0 Å². The van der Waals surface area contributed by atoms with Gasteiger partial charge in [0.25, 0.3) is 0 Å². The molecule has 4 nitrogen and oxygen atoms in total. The number of rotatable bonds is 8. The maximum Gasteiger partial charge on any atom is 0.162 e. The van der Waals surface area contributed by atoms with Crippen LogP contribution in [0.25, 0.3) is 10.6 Å². The second-order valence-corrected chi connectivity index (χ2v) is 8.08. The third-order valence-corrected chi connectivity index (χ3v) is 5.81. The van der Waals surface area contributed by atoms with Crippen LogP contribution < -0.4 is 15.0 Å². The fourth-order valence-electron chi connectivity index (χ4n) is 3.07. The van der Waals surface area contributed by atoms with E-state index in [1.165, 1.54) is 10.5 Å². The molecule has 3 aromatic rings. The highest BCUT2D eigenvalue weighted by molar-refractivity contribution is 7.13. The molecule has 1 aromatic heterocycles. The first-order valence-corrected chi connectivity index (χ1v) is 10.3. The highest BCUT2D eigenvalue weighted by Crippen LogP contribution is 2.24. The van der Waals surface area contributed by atoms with Crippen LogP contribution in [0.3, 0.4) is 0 Å². The zero-order valence-electron chi connectivity index (χ0n) is 15.9. The molecule has 6 heteroatoms. The minimum Gasteiger partial charge on any atom is -0.497 e. The fraction of sp³-hybridized carbons (Fsp3) is 0.286. The topological polar surface area (TPSA) is 43.2 Å². The number of nitrogens with zero attached hydrogens (tertiary/aromatic N) is 1. The normalized spacial score (nSPS) is 12.3. The Kier molecular flexibility index (Phi) is 6.85. The van der Waals surface area contributed by atoms with E-state index in [2.05, 4.69) is 36.9 Å². The molecule has 142 valence electrons. The van der Waals surface area contributed by atoms with Crippen LogP contribution in [0.4, 0.5) is 0 Å². The number of hydrogen-bond acceptors (Lipinski definition) is 3. The van der Waals surface area contributed by atoms with Gasteiger partial charge < -0.3 is 15.0 Å². The van der Waals surface area contributed by atoms with Crippen LogP contribution >= 0.6 is 22.9 Å². The van der Waals surface area contributed by atoms with Crippen LogP contribution in [0.2, 0.25) is 5.02 Å². The zero-order valence-corrected chi connectivity index (χ0v) is 17.5.